The molecule has 0 aliphatic carbocycles. The highest BCUT2D eigenvalue weighted by Gasteiger charge is 2.15. The first-order valence-corrected chi connectivity index (χ1v) is 3.19. The molecule has 0 bridgehead atoms. The van der Waals surface area contributed by atoms with E-state index in [1.54, 1.807) is 0 Å². The fraction of sp³-hybridized carbons (Fsp3) is 0.714. The molecule has 3 heteroatoms. The molecule has 3 nitrogen and oxygen atoms in total. The second-order valence-corrected chi connectivity index (χ2v) is 2.58. The number of rotatable bonds is 3. The van der Waals surface area contributed by atoms with Crippen LogP contribution >= 0.6 is 0 Å². The van der Waals surface area contributed by atoms with E-state index in [1.165, 1.54) is 0 Å². The summed E-state index contributed by atoms with van der Waals surface area (Å²) in [5, 5.41) is 16.7. The van der Waals surface area contributed by atoms with Gasteiger partial charge >= 0.3 is 5.97 Å². The van der Waals surface area contributed by atoms with Crippen molar-refractivity contribution in [2.75, 3.05) is 0 Å². The van der Waals surface area contributed by atoms with Crippen molar-refractivity contribution in [1.29, 1.82) is 5.26 Å². The predicted octanol–water partition coefficient (Wildman–Crippen LogP) is 1.26. The van der Waals surface area contributed by atoms with Gasteiger partial charge in [0, 0.05) is 0 Å². The van der Waals surface area contributed by atoms with Crippen molar-refractivity contribution in [3.63, 3.8) is 0 Å². The van der Waals surface area contributed by atoms with E-state index in [2.05, 4.69) is 0 Å². The van der Waals surface area contributed by atoms with Crippen molar-refractivity contribution in [3.8, 4) is 6.07 Å². The molecule has 10 heavy (non-hydrogen) atoms. The molecule has 1 N–H and O–H groups in total. The summed E-state index contributed by atoms with van der Waals surface area (Å²) in [6.45, 7) is 3.69. The molecule has 0 aromatic rings. The fourth-order valence-electron chi connectivity index (χ4n) is 0.619. The normalized spacial score (nSPS) is 12.6. The van der Waals surface area contributed by atoms with Crippen LogP contribution in [0.25, 0.3) is 0 Å². The van der Waals surface area contributed by atoms with Gasteiger partial charge in [-0.3, -0.25) is 4.79 Å². The molecule has 0 aliphatic heterocycles. The summed E-state index contributed by atoms with van der Waals surface area (Å²) in [5.74, 6) is -1.13. The molecule has 0 saturated heterocycles. The van der Waals surface area contributed by atoms with Gasteiger partial charge < -0.3 is 5.11 Å². The summed E-state index contributed by atoms with van der Waals surface area (Å²) in [4.78, 5) is 10.1. The first-order valence-electron chi connectivity index (χ1n) is 3.19. The SMILES string of the molecule is CC(C)C(C#N)CC(=O)O. The predicted molar refractivity (Wildman–Crippen MR) is 36.2 cm³/mol. The fourth-order valence-corrected chi connectivity index (χ4v) is 0.619. The zero-order valence-electron chi connectivity index (χ0n) is 6.16. The first-order chi connectivity index (χ1) is 4.57. The molecular formula is C7H11NO2. The average Bonchev–Trinajstić information content (AvgIpc) is 1.81. The van der Waals surface area contributed by atoms with Crippen molar-refractivity contribution < 1.29 is 9.90 Å². The Morgan fingerprint density at radius 1 is 1.70 bits per heavy atom. The number of hydrogen-bond donors (Lipinski definition) is 1. The van der Waals surface area contributed by atoms with Crippen LogP contribution in [0.1, 0.15) is 20.3 Å². The highest BCUT2D eigenvalue weighted by molar-refractivity contribution is 5.67. The van der Waals surface area contributed by atoms with Crippen LogP contribution in [0.5, 0.6) is 0 Å². The van der Waals surface area contributed by atoms with Crippen LogP contribution in [-0.2, 0) is 4.79 Å². The second-order valence-electron chi connectivity index (χ2n) is 2.58. The molecule has 56 valence electrons. The summed E-state index contributed by atoms with van der Waals surface area (Å²) in [5.41, 5.74) is 0. The van der Waals surface area contributed by atoms with Crippen LogP contribution in [0.2, 0.25) is 0 Å². The van der Waals surface area contributed by atoms with Gasteiger partial charge in [-0.1, -0.05) is 13.8 Å². The van der Waals surface area contributed by atoms with E-state index in [9.17, 15) is 4.79 Å². The van der Waals surface area contributed by atoms with Gasteiger partial charge in [0.25, 0.3) is 0 Å². The Morgan fingerprint density at radius 3 is 2.30 bits per heavy atom. The zero-order valence-corrected chi connectivity index (χ0v) is 6.16. The molecule has 1 atom stereocenters. The van der Waals surface area contributed by atoms with E-state index in [0.717, 1.165) is 0 Å². The lowest BCUT2D eigenvalue weighted by Crippen LogP contribution is -2.11. The van der Waals surface area contributed by atoms with E-state index >= 15 is 0 Å². The third-order valence-electron chi connectivity index (χ3n) is 1.37. The Morgan fingerprint density at radius 2 is 2.20 bits per heavy atom. The molecule has 0 heterocycles. The van der Waals surface area contributed by atoms with Crippen molar-refractivity contribution in [3.05, 3.63) is 0 Å². The van der Waals surface area contributed by atoms with Crippen LogP contribution < -0.4 is 0 Å². The molecule has 0 rings (SSSR count). The topological polar surface area (TPSA) is 61.1 Å². The Hall–Kier alpha value is -1.04. The lowest BCUT2D eigenvalue weighted by atomic mass is 9.94. The van der Waals surface area contributed by atoms with Gasteiger partial charge in [-0.2, -0.15) is 5.26 Å². The Bertz CT molecular complexity index is 157. The van der Waals surface area contributed by atoms with E-state index < -0.39 is 5.97 Å². The maximum atomic E-state index is 10.1. The van der Waals surface area contributed by atoms with Gasteiger partial charge in [0.1, 0.15) is 0 Å². The molecule has 0 fully saturated rings. The number of hydrogen-bond acceptors (Lipinski definition) is 2. The Kier molecular flexibility index (Phi) is 3.48. The molecule has 0 aromatic carbocycles. The smallest absolute Gasteiger partial charge is 0.304 e. The average molecular weight is 141 g/mol. The monoisotopic (exact) mass is 141 g/mol. The highest BCUT2D eigenvalue weighted by Crippen LogP contribution is 2.13. The van der Waals surface area contributed by atoms with Crippen LogP contribution in [-0.4, -0.2) is 11.1 Å². The third kappa shape index (κ3) is 3.08. The molecule has 0 spiro atoms. The highest BCUT2D eigenvalue weighted by atomic mass is 16.4. The number of carboxylic acid groups (broad SMARTS) is 1. The zero-order chi connectivity index (χ0) is 8.15. The minimum Gasteiger partial charge on any atom is -0.481 e. The van der Waals surface area contributed by atoms with Crippen LogP contribution in [0.3, 0.4) is 0 Å². The van der Waals surface area contributed by atoms with Crippen molar-refractivity contribution in [1.82, 2.24) is 0 Å². The van der Waals surface area contributed by atoms with Gasteiger partial charge in [-0.15, -0.1) is 0 Å². The lowest BCUT2D eigenvalue weighted by molar-refractivity contribution is -0.137. The molecular weight excluding hydrogens is 130 g/mol. The van der Waals surface area contributed by atoms with Crippen molar-refractivity contribution in [2.24, 2.45) is 11.8 Å². The molecule has 0 aliphatic rings. The van der Waals surface area contributed by atoms with Crippen LogP contribution in [0.4, 0.5) is 0 Å². The maximum absolute atomic E-state index is 10.1. The first kappa shape index (κ1) is 8.96. The Labute approximate surface area is 60.3 Å². The summed E-state index contributed by atoms with van der Waals surface area (Å²) >= 11 is 0. The van der Waals surface area contributed by atoms with E-state index in [-0.39, 0.29) is 18.3 Å². The molecule has 1 unspecified atom stereocenters. The van der Waals surface area contributed by atoms with Crippen LogP contribution in [0.15, 0.2) is 0 Å². The lowest BCUT2D eigenvalue weighted by Gasteiger charge is -2.08. The van der Waals surface area contributed by atoms with Gasteiger partial charge in [-0.05, 0) is 5.92 Å². The van der Waals surface area contributed by atoms with Crippen LogP contribution in [0, 0.1) is 23.2 Å². The molecule has 0 amide bonds. The molecule has 0 radical (unpaired) electrons. The molecule has 0 saturated carbocycles. The largest absolute Gasteiger partial charge is 0.481 e. The molecule has 0 aromatic heterocycles. The minimum absolute atomic E-state index is 0.0475. The van der Waals surface area contributed by atoms with Gasteiger partial charge in [0.05, 0.1) is 18.4 Å². The number of nitrogens with zero attached hydrogens (tertiary/aromatic N) is 1. The summed E-state index contributed by atoms with van der Waals surface area (Å²) < 4.78 is 0. The standard InChI is InChI=1S/C7H11NO2/c1-5(2)6(4-8)3-7(9)10/h5-6H,3H2,1-2H3,(H,9,10). The second kappa shape index (κ2) is 3.89. The maximum Gasteiger partial charge on any atom is 0.304 e. The number of carboxylic acids is 1. The quantitative estimate of drug-likeness (QED) is 0.643. The third-order valence-corrected chi connectivity index (χ3v) is 1.37. The van der Waals surface area contributed by atoms with E-state index in [1.807, 2.05) is 19.9 Å². The summed E-state index contributed by atoms with van der Waals surface area (Å²) in [7, 11) is 0. The van der Waals surface area contributed by atoms with Gasteiger partial charge in [0.15, 0.2) is 0 Å². The Balaban J connectivity index is 3.87. The van der Waals surface area contributed by atoms with Gasteiger partial charge in [-0.25, -0.2) is 0 Å². The number of aliphatic carboxylic acids is 1. The van der Waals surface area contributed by atoms with Crippen molar-refractivity contribution in [2.45, 2.75) is 20.3 Å². The van der Waals surface area contributed by atoms with E-state index in [0.29, 0.717) is 0 Å². The van der Waals surface area contributed by atoms with Crippen molar-refractivity contribution >= 4 is 5.97 Å². The van der Waals surface area contributed by atoms with Gasteiger partial charge in [0.2, 0.25) is 0 Å². The van der Waals surface area contributed by atoms with E-state index in [4.69, 9.17) is 10.4 Å². The number of nitriles is 1. The summed E-state index contributed by atoms with van der Waals surface area (Å²) in [6.07, 6.45) is -0.0475. The minimum atomic E-state index is -0.903. The number of carbonyl (C=O) groups is 1. The summed E-state index contributed by atoms with van der Waals surface area (Å²) in [6, 6.07) is 1.95.